The Hall–Kier alpha value is -2.99. The van der Waals surface area contributed by atoms with Crippen molar-refractivity contribution in [2.24, 2.45) is 0 Å². The number of fused-ring (bicyclic) bond motifs is 1. The summed E-state index contributed by atoms with van der Waals surface area (Å²) in [7, 11) is 0. The van der Waals surface area contributed by atoms with E-state index in [1.165, 1.54) is 4.90 Å². The van der Waals surface area contributed by atoms with Crippen LogP contribution in [-0.4, -0.2) is 52.3 Å². The lowest BCUT2D eigenvalue weighted by molar-refractivity contribution is 0.0642. The van der Waals surface area contributed by atoms with Gasteiger partial charge in [0.25, 0.3) is 17.7 Å². The predicted molar refractivity (Wildman–Crippen MR) is 95.8 cm³/mol. The molecule has 134 valence electrons. The van der Waals surface area contributed by atoms with Crippen molar-refractivity contribution in [2.45, 2.75) is 13.5 Å². The highest BCUT2D eigenvalue weighted by Gasteiger charge is 2.35. The first kappa shape index (κ1) is 17.8. The summed E-state index contributed by atoms with van der Waals surface area (Å²) in [5.74, 6) is -0.832. The minimum Gasteiger partial charge on any atom is -0.395 e. The van der Waals surface area contributed by atoms with Crippen LogP contribution < -0.4 is 0 Å². The smallest absolute Gasteiger partial charge is 0.261 e. The lowest BCUT2D eigenvalue weighted by Crippen LogP contribution is -2.33. The van der Waals surface area contributed by atoms with E-state index in [1.54, 1.807) is 53.4 Å². The zero-order valence-corrected chi connectivity index (χ0v) is 14.5. The number of likely N-dealkylation sites (N-methyl/N-ethyl adjacent to an activating group) is 1. The molecule has 6 nitrogen and oxygen atoms in total. The summed E-state index contributed by atoms with van der Waals surface area (Å²) in [6, 6.07) is 13.6. The number of nitrogens with zero attached hydrogens (tertiary/aromatic N) is 2. The van der Waals surface area contributed by atoms with Gasteiger partial charge in [0, 0.05) is 18.7 Å². The van der Waals surface area contributed by atoms with E-state index in [0.29, 0.717) is 28.8 Å². The second-order valence-corrected chi connectivity index (χ2v) is 6.05. The molecular weight excluding hydrogens is 332 g/mol. The summed E-state index contributed by atoms with van der Waals surface area (Å²) < 4.78 is 0. The molecule has 1 aliphatic rings. The molecule has 0 fully saturated rings. The van der Waals surface area contributed by atoms with E-state index >= 15 is 0 Å². The first-order valence-corrected chi connectivity index (χ1v) is 8.51. The Kier molecular flexibility index (Phi) is 5.14. The Bertz CT molecular complexity index is 827. The van der Waals surface area contributed by atoms with Gasteiger partial charge in [-0.3, -0.25) is 19.3 Å². The maximum Gasteiger partial charge on any atom is 0.261 e. The van der Waals surface area contributed by atoms with Gasteiger partial charge in [-0.25, -0.2) is 0 Å². The molecule has 3 rings (SSSR count). The van der Waals surface area contributed by atoms with Crippen molar-refractivity contribution < 1.29 is 19.5 Å². The topological polar surface area (TPSA) is 77.9 Å². The second kappa shape index (κ2) is 7.49. The van der Waals surface area contributed by atoms with Crippen LogP contribution in [0.25, 0.3) is 0 Å². The van der Waals surface area contributed by atoms with Crippen molar-refractivity contribution in [3.63, 3.8) is 0 Å². The van der Waals surface area contributed by atoms with Crippen LogP contribution in [0, 0.1) is 0 Å². The fourth-order valence-electron chi connectivity index (χ4n) is 3.07. The molecule has 26 heavy (non-hydrogen) atoms. The van der Waals surface area contributed by atoms with Gasteiger partial charge < -0.3 is 10.0 Å². The van der Waals surface area contributed by atoms with Crippen LogP contribution in [0.5, 0.6) is 0 Å². The number of hydrogen-bond donors (Lipinski definition) is 1. The number of benzene rings is 2. The van der Waals surface area contributed by atoms with Crippen molar-refractivity contribution >= 4 is 17.7 Å². The largest absolute Gasteiger partial charge is 0.395 e. The average molecular weight is 352 g/mol. The fourth-order valence-corrected chi connectivity index (χ4v) is 3.07. The molecule has 2 aromatic rings. The van der Waals surface area contributed by atoms with E-state index in [1.807, 2.05) is 6.92 Å². The lowest BCUT2D eigenvalue weighted by atomic mass is 10.1. The van der Waals surface area contributed by atoms with Gasteiger partial charge in [-0.05, 0) is 36.8 Å². The number of aliphatic hydroxyl groups is 1. The van der Waals surface area contributed by atoms with Gasteiger partial charge in [0.2, 0.25) is 0 Å². The third-order valence-corrected chi connectivity index (χ3v) is 4.43. The third kappa shape index (κ3) is 3.23. The number of imide groups is 1. The molecule has 0 bridgehead atoms. The first-order valence-electron chi connectivity index (χ1n) is 8.51. The predicted octanol–water partition coefficient (Wildman–Crippen LogP) is 1.94. The molecule has 0 unspecified atom stereocenters. The molecule has 6 heteroatoms. The highest BCUT2D eigenvalue weighted by molar-refractivity contribution is 6.21. The van der Waals surface area contributed by atoms with E-state index in [9.17, 15) is 14.4 Å². The van der Waals surface area contributed by atoms with Crippen molar-refractivity contribution in [1.82, 2.24) is 9.80 Å². The summed E-state index contributed by atoms with van der Waals surface area (Å²) in [6.07, 6.45) is 0. The van der Waals surface area contributed by atoms with E-state index in [0.717, 1.165) is 0 Å². The van der Waals surface area contributed by atoms with Gasteiger partial charge >= 0.3 is 0 Å². The maximum absolute atomic E-state index is 12.5. The molecule has 0 aliphatic carbocycles. The van der Waals surface area contributed by atoms with E-state index < -0.39 is 0 Å². The monoisotopic (exact) mass is 352 g/mol. The molecule has 0 spiro atoms. The van der Waals surface area contributed by atoms with Gasteiger partial charge in [-0.2, -0.15) is 0 Å². The van der Waals surface area contributed by atoms with Crippen LogP contribution in [0.4, 0.5) is 0 Å². The number of carbonyl (C=O) groups excluding carboxylic acids is 3. The van der Waals surface area contributed by atoms with Crippen LogP contribution in [0.1, 0.15) is 43.6 Å². The van der Waals surface area contributed by atoms with Gasteiger partial charge in [0.05, 0.1) is 24.3 Å². The molecule has 0 saturated carbocycles. The van der Waals surface area contributed by atoms with Gasteiger partial charge in [0.15, 0.2) is 0 Å². The summed E-state index contributed by atoms with van der Waals surface area (Å²) in [6.45, 7) is 2.60. The van der Waals surface area contributed by atoms with Crippen LogP contribution >= 0.6 is 0 Å². The van der Waals surface area contributed by atoms with E-state index in [4.69, 9.17) is 5.11 Å². The second-order valence-electron chi connectivity index (χ2n) is 6.05. The molecule has 1 N–H and O–H groups in total. The van der Waals surface area contributed by atoms with Gasteiger partial charge in [-0.1, -0.05) is 24.3 Å². The Morgan fingerprint density at radius 1 is 1.04 bits per heavy atom. The van der Waals surface area contributed by atoms with Gasteiger partial charge in [-0.15, -0.1) is 0 Å². The molecule has 1 heterocycles. The van der Waals surface area contributed by atoms with E-state index in [-0.39, 0.29) is 37.4 Å². The summed E-state index contributed by atoms with van der Waals surface area (Å²) in [5, 5.41) is 9.08. The molecule has 1 aliphatic heterocycles. The lowest BCUT2D eigenvalue weighted by Gasteiger charge is -2.20. The quantitative estimate of drug-likeness (QED) is 0.806. The van der Waals surface area contributed by atoms with Crippen LogP contribution in [-0.2, 0) is 6.54 Å². The number of aliphatic hydroxyl groups excluding tert-OH is 1. The molecule has 0 saturated heterocycles. The standard InChI is InChI=1S/C20H20N2O4/c1-2-21(10-11-23)18(24)15-7-5-6-14(12-15)13-22-19(25)16-8-3-4-9-17(16)20(22)26/h3-9,12,23H,2,10-11,13H2,1H3. The summed E-state index contributed by atoms with van der Waals surface area (Å²) >= 11 is 0. The zero-order chi connectivity index (χ0) is 18.7. The summed E-state index contributed by atoms with van der Waals surface area (Å²) in [5.41, 5.74) is 1.98. The minimum absolute atomic E-state index is 0.103. The highest BCUT2D eigenvalue weighted by atomic mass is 16.3. The Labute approximate surface area is 151 Å². The summed E-state index contributed by atoms with van der Waals surface area (Å²) in [4.78, 5) is 40.2. The van der Waals surface area contributed by atoms with Crippen LogP contribution in [0.15, 0.2) is 48.5 Å². The van der Waals surface area contributed by atoms with Crippen molar-refractivity contribution in [2.75, 3.05) is 19.7 Å². The number of rotatable bonds is 6. The first-order chi connectivity index (χ1) is 12.6. The minimum atomic E-state index is -0.321. The normalized spacial score (nSPS) is 13.1. The molecule has 0 radical (unpaired) electrons. The van der Waals surface area contributed by atoms with E-state index in [2.05, 4.69) is 0 Å². The highest BCUT2D eigenvalue weighted by Crippen LogP contribution is 2.24. The number of hydrogen-bond acceptors (Lipinski definition) is 4. The zero-order valence-electron chi connectivity index (χ0n) is 14.5. The Balaban J connectivity index is 1.81. The molecule has 3 amide bonds. The Morgan fingerprint density at radius 3 is 2.27 bits per heavy atom. The Morgan fingerprint density at radius 2 is 1.69 bits per heavy atom. The molecular formula is C20H20N2O4. The van der Waals surface area contributed by atoms with Crippen molar-refractivity contribution in [1.29, 1.82) is 0 Å². The number of amides is 3. The third-order valence-electron chi connectivity index (χ3n) is 4.43. The molecule has 0 atom stereocenters. The van der Waals surface area contributed by atoms with Crippen molar-refractivity contribution in [3.05, 3.63) is 70.8 Å². The number of carbonyl (C=O) groups is 3. The molecule has 0 aromatic heterocycles. The van der Waals surface area contributed by atoms with Crippen molar-refractivity contribution in [3.8, 4) is 0 Å². The van der Waals surface area contributed by atoms with Gasteiger partial charge in [0.1, 0.15) is 0 Å². The maximum atomic E-state index is 12.5. The van der Waals surface area contributed by atoms with Crippen LogP contribution in [0.3, 0.4) is 0 Å². The fraction of sp³-hybridized carbons (Fsp3) is 0.250. The average Bonchev–Trinajstić information content (AvgIpc) is 2.91. The van der Waals surface area contributed by atoms with Crippen LogP contribution in [0.2, 0.25) is 0 Å². The SMILES string of the molecule is CCN(CCO)C(=O)c1cccc(CN2C(=O)c3ccccc3C2=O)c1. The molecule has 2 aromatic carbocycles.